The number of aromatic hydroxyl groups is 2. The topological polar surface area (TPSA) is 62.6 Å². The number of pyridine rings is 1. The first-order valence-corrected chi connectivity index (χ1v) is 8.48. The van der Waals surface area contributed by atoms with Crippen molar-refractivity contribution in [2.45, 2.75) is 9.92 Å². The van der Waals surface area contributed by atoms with Crippen molar-refractivity contribution in [1.82, 2.24) is 4.98 Å². The van der Waals surface area contributed by atoms with Gasteiger partial charge < -0.3 is 14.9 Å². The maximum absolute atomic E-state index is 9.18. The molecule has 2 N–H and O–H groups in total. The molecule has 4 nitrogen and oxygen atoms in total. The zero-order valence-corrected chi connectivity index (χ0v) is 13.1. The van der Waals surface area contributed by atoms with E-state index in [0.717, 1.165) is 21.4 Å². The molecule has 6 heteroatoms. The van der Waals surface area contributed by atoms with E-state index >= 15 is 0 Å². The minimum Gasteiger partial charge on any atom is -0.508 e. The maximum atomic E-state index is 9.18. The second-order valence-electron chi connectivity index (χ2n) is 4.16. The summed E-state index contributed by atoms with van der Waals surface area (Å²) in [5.41, 5.74) is 0. The highest BCUT2D eigenvalue weighted by Gasteiger charge is 1.97. The Balaban J connectivity index is 1.52. The van der Waals surface area contributed by atoms with E-state index in [2.05, 4.69) is 4.98 Å². The minimum absolute atomic E-state index is 0.182. The lowest BCUT2D eigenvalue weighted by atomic mass is 10.3. The van der Waals surface area contributed by atoms with E-state index in [1.165, 1.54) is 6.20 Å². The molecule has 0 aliphatic heterocycles. The molecule has 0 radical (unpaired) electrons. The summed E-state index contributed by atoms with van der Waals surface area (Å²) in [6.07, 6.45) is 1.44. The van der Waals surface area contributed by atoms with Gasteiger partial charge in [0.1, 0.15) is 11.5 Å². The molecule has 1 aromatic heterocycles. The number of nitrogens with zero attached hydrogens (tertiary/aromatic N) is 1. The SMILES string of the molecule is Oc1ccc(SCCOCCSc2ccc(O)cn2)cc1. The van der Waals surface area contributed by atoms with Crippen molar-refractivity contribution in [1.29, 1.82) is 0 Å². The average molecular weight is 323 g/mol. The van der Waals surface area contributed by atoms with Crippen LogP contribution in [0.4, 0.5) is 0 Å². The lowest BCUT2D eigenvalue weighted by molar-refractivity contribution is 0.167. The molecule has 1 aromatic carbocycles. The third kappa shape index (κ3) is 6.29. The number of hydrogen-bond donors (Lipinski definition) is 2. The van der Waals surface area contributed by atoms with Gasteiger partial charge in [0.05, 0.1) is 24.4 Å². The molecule has 0 spiro atoms. The zero-order chi connectivity index (χ0) is 14.9. The quantitative estimate of drug-likeness (QED) is 0.573. The van der Waals surface area contributed by atoms with Crippen molar-refractivity contribution in [3.63, 3.8) is 0 Å². The Hall–Kier alpha value is -1.37. The van der Waals surface area contributed by atoms with Crippen LogP contribution in [0.5, 0.6) is 11.5 Å². The second-order valence-corrected chi connectivity index (χ2v) is 6.44. The molecule has 0 unspecified atom stereocenters. The maximum Gasteiger partial charge on any atom is 0.133 e. The second kappa shape index (κ2) is 8.81. The van der Waals surface area contributed by atoms with Crippen molar-refractivity contribution in [3.05, 3.63) is 42.6 Å². The number of ether oxygens (including phenoxy) is 1. The lowest BCUT2D eigenvalue weighted by Gasteiger charge is -2.04. The molecule has 1 heterocycles. The van der Waals surface area contributed by atoms with Gasteiger partial charge in [-0.1, -0.05) is 0 Å². The van der Waals surface area contributed by atoms with Gasteiger partial charge in [-0.3, -0.25) is 0 Å². The Morgan fingerprint density at radius 3 is 2.19 bits per heavy atom. The summed E-state index contributed by atoms with van der Waals surface area (Å²) in [7, 11) is 0. The van der Waals surface area contributed by atoms with E-state index in [1.54, 1.807) is 47.8 Å². The van der Waals surface area contributed by atoms with Crippen LogP contribution in [0.15, 0.2) is 52.5 Å². The summed E-state index contributed by atoms with van der Waals surface area (Å²) in [5.74, 6) is 2.19. The van der Waals surface area contributed by atoms with E-state index in [4.69, 9.17) is 9.84 Å². The third-order valence-electron chi connectivity index (χ3n) is 2.53. The number of phenols is 1. The Morgan fingerprint density at radius 1 is 0.857 bits per heavy atom. The van der Waals surface area contributed by atoms with Crippen molar-refractivity contribution in [2.24, 2.45) is 0 Å². The summed E-state index contributed by atoms with van der Waals surface area (Å²) in [6.45, 7) is 1.36. The molecule has 0 saturated heterocycles. The summed E-state index contributed by atoms with van der Waals surface area (Å²) in [4.78, 5) is 5.22. The molecule has 2 aromatic rings. The fourth-order valence-corrected chi connectivity index (χ4v) is 2.99. The molecule has 0 aliphatic rings. The van der Waals surface area contributed by atoms with Crippen molar-refractivity contribution >= 4 is 23.5 Å². The number of benzene rings is 1. The zero-order valence-electron chi connectivity index (χ0n) is 11.4. The van der Waals surface area contributed by atoms with E-state index in [0.29, 0.717) is 13.2 Å². The molecule has 0 fully saturated rings. The summed E-state index contributed by atoms with van der Waals surface area (Å²) in [6, 6.07) is 10.6. The van der Waals surface area contributed by atoms with Gasteiger partial charge in [0.25, 0.3) is 0 Å². The number of rotatable bonds is 8. The Kier molecular flexibility index (Phi) is 6.72. The van der Waals surface area contributed by atoms with Gasteiger partial charge in [-0.15, -0.1) is 23.5 Å². The van der Waals surface area contributed by atoms with Crippen LogP contribution in [0, 0.1) is 0 Å². The number of aromatic nitrogens is 1. The van der Waals surface area contributed by atoms with E-state index in [-0.39, 0.29) is 11.5 Å². The summed E-state index contributed by atoms with van der Waals surface area (Å²) >= 11 is 3.31. The first-order chi connectivity index (χ1) is 10.2. The molecule has 112 valence electrons. The molecule has 0 aliphatic carbocycles. The van der Waals surface area contributed by atoms with Crippen LogP contribution in [0.3, 0.4) is 0 Å². The molecule has 0 bridgehead atoms. The van der Waals surface area contributed by atoms with Crippen LogP contribution in [-0.4, -0.2) is 39.9 Å². The molecular weight excluding hydrogens is 306 g/mol. The van der Waals surface area contributed by atoms with Gasteiger partial charge in [0.2, 0.25) is 0 Å². The Bertz CT molecular complexity index is 482. The first kappa shape index (κ1) is 16.0. The normalized spacial score (nSPS) is 10.7. The van der Waals surface area contributed by atoms with Crippen molar-refractivity contribution in [3.8, 4) is 11.5 Å². The van der Waals surface area contributed by atoms with Gasteiger partial charge in [0.15, 0.2) is 0 Å². The molecule has 21 heavy (non-hydrogen) atoms. The molecule has 2 rings (SSSR count). The number of phenolic OH excluding ortho intramolecular Hbond substituents is 1. The minimum atomic E-state index is 0.182. The predicted molar refractivity (Wildman–Crippen MR) is 86.3 cm³/mol. The van der Waals surface area contributed by atoms with Gasteiger partial charge in [-0.2, -0.15) is 0 Å². The number of hydrogen-bond acceptors (Lipinski definition) is 6. The van der Waals surface area contributed by atoms with Crippen LogP contribution < -0.4 is 0 Å². The largest absolute Gasteiger partial charge is 0.508 e. The highest BCUT2D eigenvalue weighted by Crippen LogP contribution is 2.20. The van der Waals surface area contributed by atoms with E-state index < -0.39 is 0 Å². The molecule has 0 amide bonds. The predicted octanol–water partition coefficient (Wildman–Crippen LogP) is 3.39. The van der Waals surface area contributed by atoms with Gasteiger partial charge in [0, 0.05) is 16.4 Å². The van der Waals surface area contributed by atoms with Crippen LogP contribution in [-0.2, 0) is 4.74 Å². The van der Waals surface area contributed by atoms with E-state index in [1.807, 2.05) is 12.1 Å². The van der Waals surface area contributed by atoms with Gasteiger partial charge in [-0.05, 0) is 36.4 Å². The summed E-state index contributed by atoms with van der Waals surface area (Å²) < 4.78 is 5.56. The smallest absolute Gasteiger partial charge is 0.133 e. The fourth-order valence-electron chi connectivity index (χ4n) is 1.53. The highest BCUT2D eigenvalue weighted by atomic mass is 32.2. The van der Waals surface area contributed by atoms with Gasteiger partial charge in [-0.25, -0.2) is 4.98 Å². The Labute approximate surface area is 132 Å². The van der Waals surface area contributed by atoms with Crippen molar-refractivity contribution in [2.75, 3.05) is 24.7 Å². The first-order valence-electron chi connectivity index (χ1n) is 6.51. The molecule has 0 atom stereocenters. The van der Waals surface area contributed by atoms with Crippen molar-refractivity contribution < 1.29 is 14.9 Å². The van der Waals surface area contributed by atoms with Gasteiger partial charge >= 0.3 is 0 Å². The fraction of sp³-hybridized carbons (Fsp3) is 0.267. The van der Waals surface area contributed by atoms with Crippen LogP contribution >= 0.6 is 23.5 Å². The molecular formula is C15H17NO3S2. The van der Waals surface area contributed by atoms with Crippen LogP contribution in [0.25, 0.3) is 0 Å². The molecule has 0 saturated carbocycles. The average Bonchev–Trinajstić information content (AvgIpc) is 2.50. The third-order valence-corrected chi connectivity index (χ3v) is 4.42. The monoisotopic (exact) mass is 323 g/mol. The standard InChI is InChI=1S/C15H17NO3S2/c17-12-1-4-14(5-2-12)20-9-7-19-8-10-21-15-6-3-13(18)11-16-15/h1-6,11,17-18H,7-10H2. The highest BCUT2D eigenvalue weighted by molar-refractivity contribution is 7.99. The van der Waals surface area contributed by atoms with E-state index in [9.17, 15) is 5.11 Å². The Morgan fingerprint density at radius 2 is 1.52 bits per heavy atom. The lowest BCUT2D eigenvalue weighted by Crippen LogP contribution is -2.01. The summed E-state index contributed by atoms with van der Waals surface area (Å²) in [5, 5.41) is 19.2. The number of thioether (sulfide) groups is 2. The van der Waals surface area contributed by atoms with Crippen LogP contribution in [0.2, 0.25) is 0 Å². The van der Waals surface area contributed by atoms with Crippen LogP contribution in [0.1, 0.15) is 0 Å².